The fourth-order valence-electron chi connectivity index (χ4n) is 0.493. The van der Waals surface area contributed by atoms with E-state index in [4.69, 9.17) is 6.42 Å². The molecule has 0 aliphatic rings. The lowest BCUT2D eigenvalue weighted by molar-refractivity contribution is -0.173. The smallest absolute Gasteiger partial charge is 0.348 e. The highest BCUT2D eigenvalue weighted by Crippen LogP contribution is 2.13. The largest absolute Gasteiger partial charge is 0.471 e. The third-order valence-electron chi connectivity index (χ3n) is 1.04. The Hall–Kier alpha value is -1.18. The maximum Gasteiger partial charge on any atom is 0.471 e. The van der Waals surface area contributed by atoms with Gasteiger partial charge in [-0.1, -0.05) is 0 Å². The highest BCUT2D eigenvalue weighted by atomic mass is 19.4. The second-order valence-corrected chi connectivity index (χ2v) is 2.06. The van der Waals surface area contributed by atoms with E-state index in [0.717, 1.165) is 0 Å². The molecule has 0 radical (unpaired) electrons. The number of carbonyl (C=O) groups is 1. The zero-order valence-corrected chi connectivity index (χ0v) is 6.24. The molecule has 2 nitrogen and oxygen atoms in total. The van der Waals surface area contributed by atoms with Gasteiger partial charge in [0.15, 0.2) is 0 Å². The van der Waals surface area contributed by atoms with Gasteiger partial charge in [-0.2, -0.15) is 13.2 Å². The number of carbonyl (C=O) groups excluding carboxylic acids is 1. The molecular weight excluding hydrogens is 171 g/mol. The third kappa shape index (κ3) is 4.61. The van der Waals surface area contributed by atoms with Crippen LogP contribution in [-0.2, 0) is 4.79 Å². The SMILES string of the molecule is C#CCCCNC(=O)C(F)(F)F. The van der Waals surface area contributed by atoms with E-state index in [1.807, 2.05) is 0 Å². The van der Waals surface area contributed by atoms with Crippen molar-refractivity contribution in [2.45, 2.75) is 19.0 Å². The van der Waals surface area contributed by atoms with Crippen LogP contribution in [0.1, 0.15) is 12.8 Å². The van der Waals surface area contributed by atoms with Crippen LogP contribution in [-0.4, -0.2) is 18.6 Å². The van der Waals surface area contributed by atoms with E-state index in [-0.39, 0.29) is 6.54 Å². The van der Waals surface area contributed by atoms with E-state index >= 15 is 0 Å². The second kappa shape index (κ2) is 4.65. The minimum Gasteiger partial charge on any atom is -0.348 e. The Morgan fingerprint density at radius 3 is 2.50 bits per heavy atom. The predicted molar refractivity (Wildman–Crippen MR) is 37.1 cm³/mol. The quantitative estimate of drug-likeness (QED) is 0.509. The van der Waals surface area contributed by atoms with E-state index in [1.54, 1.807) is 5.32 Å². The van der Waals surface area contributed by atoms with Crippen molar-refractivity contribution >= 4 is 5.91 Å². The van der Waals surface area contributed by atoms with Gasteiger partial charge in [0, 0.05) is 13.0 Å². The summed E-state index contributed by atoms with van der Waals surface area (Å²) >= 11 is 0. The van der Waals surface area contributed by atoms with Gasteiger partial charge in [0.05, 0.1) is 0 Å². The number of unbranched alkanes of at least 4 members (excludes halogenated alkanes) is 1. The Kier molecular flexibility index (Phi) is 4.19. The van der Waals surface area contributed by atoms with Crippen LogP contribution in [0.15, 0.2) is 0 Å². The number of halogens is 3. The Labute approximate surface area is 68.1 Å². The van der Waals surface area contributed by atoms with Gasteiger partial charge in [-0.15, -0.1) is 12.3 Å². The van der Waals surface area contributed by atoms with E-state index in [1.165, 1.54) is 0 Å². The van der Waals surface area contributed by atoms with Crippen LogP contribution in [0.2, 0.25) is 0 Å². The summed E-state index contributed by atoms with van der Waals surface area (Å²) < 4.78 is 34.5. The van der Waals surface area contributed by atoms with Crippen LogP contribution in [0.25, 0.3) is 0 Å². The number of hydrogen-bond acceptors (Lipinski definition) is 1. The Morgan fingerprint density at radius 2 is 2.08 bits per heavy atom. The number of terminal acetylenes is 1. The number of amides is 1. The molecule has 5 heteroatoms. The van der Waals surface area contributed by atoms with Gasteiger partial charge >= 0.3 is 12.1 Å². The first-order chi connectivity index (χ1) is 5.48. The maximum absolute atomic E-state index is 11.5. The van der Waals surface area contributed by atoms with Crippen molar-refractivity contribution in [3.63, 3.8) is 0 Å². The summed E-state index contributed by atoms with van der Waals surface area (Å²) in [5, 5.41) is 1.70. The van der Waals surface area contributed by atoms with Crippen LogP contribution < -0.4 is 5.32 Å². The van der Waals surface area contributed by atoms with Gasteiger partial charge in [-0.25, -0.2) is 0 Å². The van der Waals surface area contributed by atoms with Crippen LogP contribution in [0.4, 0.5) is 13.2 Å². The molecule has 0 rings (SSSR count). The lowest BCUT2D eigenvalue weighted by Crippen LogP contribution is -2.37. The molecule has 0 fully saturated rings. The predicted octanol–water partition coefficient (Wildman–Crippen LogP) is 1.08. The molecule has 0 aromatic carbocycles. The normalized spacial score (nSPS) is 10.5. The number of rotatable bonds is 3. The lowest BCUT2D eigenvalue weighted by atomic mass is 10.3. The first kappa shape index (κ1) is 10.8. The van der Waals surface area contributed by atoms with Gasteiger partial charge in [0.25, 0.3) is 0 Å². The Bertz CT molecular complexity index is 192. The molecule has 0 saturated carbocycles. The minimum absolute atomic E-state index is 0.0391. The maximum atomic E-state index is 11.5. The molecule has 0 aromatic heterocycles. The molecule has 0 bridgehead atoms. The topological polar surface area (TPSA) is 29.1 Å². The molecule has 1 N–H and O–H groups in total. The van der Waals surface area contributed by atoms with E-state index in [2.05, 4.69) is 5.92 Å². The molecule has 0 aliphatic heterocycles. The van der Waals surface area contributed by atoms with Gasteiger partial charge in [0.1, 0.15) is 0 Å². The third-order valence-corrected chi connectivity index (χ3v) is 1.04. The van der Waals surface area contributed by atoms with Crippen molar-refractivity contribution in [2.24, 2.45) is 0 Å². The van der Waals surface area contributed by atoms with Gasteiger partial charge in [0.2, 0.25) is 0 Å². The van der Waals surface area contributed by atoms with Crippen molar-refractivity contribution in [3.8, 4) is 12.3 Å². The van der Waals surface area contributed by atoms with E-state index in [9.17, 15) is 18.0 Å². The van der Waals surface area contributed by atoms with Crippen molar-refractivity contribution in [1.29, 1.82) is 0 Å². The van der Waals surface area contributed by atoms with Crippen LogP contribution in [0.5, 0.6) is 0 Å². The molecule has 1 amide bonds. The summed E-state index contributed by atoms with van der Waals surface area (Å²) in [6.07, 6.45) is 0.769. The van der Waals surface area contributed by atoms with Crippen molar-refractivity contribution in [3.05, 3.63) is 0 Å². The number of alkyl halides is 3. The summed E-state index contributed by atoms with van der Waals surface area (Å²) in [6, 6.07) is 0. The molecule has 0 spiro atoms. The van der Waals surface area contributed by atoms with Crippen molar-refractivity contribution < 1.29 is 18.0 Å². The summed E-state index contributed by atoms with van der Waals surface area (Å²) in [5.74, 6) is 0.331. The summed E-state index contributed by atoms with van der Waals surface area (Å²) in [4.78, 5) is 10.1. The van der Waals surface area contributed by atoms with Crippen LogP contribution >= 0.6 is 0 Å². The molecule has 0 unspecified atom stereocenters. The standard InChI is InChI=1S/C7H8F3NO/c1-2-3-4-5-11-6(12)7(8,9)10/h1H,3-5H2,(H,11,12). The summed E-state index contributed by atoms with van der Waals surface area (Å²) in [5.41, 5.74) is 0. The molecule has 0 aliphatic carbocycles. The molecule has 0 aromatic rings. The molecule has 0 heterocycles. The van der Waals surface area contributed by atoms with Crippen molar-refractivity contribution in [2.75, 3.05) is 6.54 Å². The molecular formula is C7H8F3NO. The van der Waals surface area contributed by atoms with Gasteiger partial charge < -0.3 is 5.32 Å². The van der Waals surface area contributed by atoms with Crippen LogP contribution in [0.3, 0.4) is 0 Å². The average molecular weight is 179 g/mol. The minimum atomic E-state index is -4.80. The summed E-state index contributed by atoms with van der Waals surface area (Å²) in [7, 11) is 0. The highest BCUT2D eigenvalue weighted by Gasteiger charge is 2.37. The zero-order valence-electron chi connectivity index (χ0n) is 6.24. The first-order valence-electron chi connectivity index (χ1n) is 3.27. The second-order valence-electron chi connectivity index (χ2n) is 2.06. The lowest BCUT2D eigenvalue weighted by Gasteiger charge is -2.05. The van der Waals surface area contributed by atoms with Gasteiger partial charge in [-0.3, -0.25) is 4.79 Å². The van der Waals surface area contributed by atoms with Gasteiger partial charge in [-0.05, 0) is 6.42 Å². The van der Waals surface area contributed by atoms with Crippen LogP contribution in [0, 0.1) is 12.3 Å². The molecule has 0 saturated heterocycles. The molecule has 68 valence electrons. The molecule has 12 heavy (non-hydrogen) atoms. The molecule has 0 atom stereocenters. The highest BCUT2D eigenvalue weighted by molar-refractivity contribution is 5.81. The van der Waals surface area contributed by atoms with E-state index in [0.29, 0.717) is 12.8 Å². The summed E-state index contributed by atoms with van der Waals surface area (Å²) in [6.45, 7) is -0.0391. The number of nitrogens with one attached hydrogen (secondary N) is 1. The Balaban J connectivity index is 3.53. The number of hydrogen-bond donors (Lipinski definition) is 1. The average Bonchev–Trinajstić information content (AvgIpc) is 1.96. The van der Waals surface area contributed by atoms with E-state index < -0.39 is 12.1 Å². The fourth-order valence-corrected chi connectivity index (χ4v) is 0.493. The fraction of sp³-hybridized carbons (Fsp3) is 0.571. The zero-order chi connectivity index (χ0) is 9.61. The Morgan fingerprint density at radius 1 is 1.50 bits per heavy atom. The van der Waals surface area contributed by atoms with Crippen molar-refractivity contribution in [1.82, 2.24) is 5.32 Å². The first-order valence-corrected chi connectivity index (χ1v) is 3.27. The monoisotopic (exact) mass is 179 g/mol.